The Kier molecular flexibility index (Phi) is 5.88. The number of carbonyl (C=O) groups excluding carboxylic acids is 2. The summed E-state index contributed by atoms with van der Waals surface area (Å²) < 4.78 is 6.36. The Balaban J connectivity index is 1.77. The molecule has 3 rings (SSSR count). The molecule has 1 amide bonds. The fraction of sp³-hybridized carbons (Fsp3) is 0.111. The molecule has 1 heterocycles. The topological polar surface area (TPSA) is 129 Å². The number of nitro groups is 1. The number of aryl methyl sites for hydroxylation is 1. The fourth-order valence-corrected chi connectivity index (χ4v) is 3.13. The summed E-state index contributed by atoms with van der Waals surface area (Å²) in [6.45, 7) is 0. The first-order valence-corrected chi connectivity index (χ1v) is 9.00. The van der Waals surface area contributed by atoms with Crippen LogP contribution in [0.3, 0.4) is 0 Å². The van der Waals surface area contributed by atoms with Crippen molar-refractivity contribution in [3.63, 3.8) is 0 Å². The lowest BCUT2D eigenvalue weighted by Gasteiger charge is -2.08. The van der Waals surface area contributed by atoms with Gasteiger partial charge in [-0.05, 0) is 42.1 Å². The summed E-state index contributed by atoms with van der Waals surface area (Å²) in [6.07, 6.45) is 1.60. The van der Waals surface area contributed by atoms with E-state index >= 15 is 0 Å². The smallest absolute Gasteiger partial charge is 0.338 e. The minimum atomic E-state index is -0.770. The van der Waals surface area contributed by atoms with Crippen LogP contribution in [0.2, 0.25) is 0 Å². The first-order chi connectivity index (χ1) is 13.9. The zero-order chi connectivity index (χ0) is 21.0. The molecular formula is C18H15N5O5S. The summed E-state index contributed by atoms with van der Waals surface area (Å²) in [5, 5.41) is 22.3. The van der Waals surface area contributed by atoms with Crippen LogP contribution >= 0.6 is 11.8 Å². The van der Waals surface area contributed by atoms with Crippen molar-refractivity contribution in [1.29, 1.82) is 0 Å². The number of non-ortho nitro benzene ring substituents is 1. The monoisotopic (exact) mass is 413 g/mol. The highest BCUT2D eigenvalue weighted by molar-refractivity contribution is 7.99. The van der Waals surface area contributed by atoms with Crippen molar-refractivity contribution in [2.45, 2.75) is 10.1 Å². The molecule has 1 N–H and O–H groups in total. The van der Waals surface area contributed by atoms with E-state index in [2.05, 4.69) is 20.3 Å². The van der Waals surface area contributed by atoms with Gasteiger partial charge >= 0.3 is 5.97 Å². The molecule has 0 atom stereocenters. The van der Waals surface area contributed by atoms with Crippen molar-refractivity contribution < 1.29 is 19.2 Å². The van der Waals surface area contributed by atoms with E-state index in [9.17, 15) is 19.7 Å². The van der Waals surface area contributed by atoms with Crippen molar-refractivity contribution in [2.24, 2.45) is 7.05 Å². The molecule has 0 spiro atoms. The zero-order valence-electron chi connectivity index (χ0n) is 15.4. The molecule has 0 aliphatic rings. The Morgan fingerprint density at radius 1 is 1.17 bits per heavy atom. The molecule has 10 nitrogen and oxygen atoms in total. The maximum absolute atomic E-state index is 12.5. The SMILES string of the molecule is COC(=O)c1cc(C(=O)Nc2ccc(Sc3nncn3C)cc2)cc([N+](=O)[O-])c1. The largest absolute Gasteiger partial charge is 0.465 e. The Labute approximate surface area is 169 Å². The van der Waals surface area contributed by atoms with Crippen molar-refractivity contribution >= 4 is 35.0 Å². The molecule has 0 aliphatic carbocycles. The number of esters is 1. The number of amides is 1. The molecule has 3 aromatic rings. The van der Waals surface area contributed by atoms with Gasteiger partial charge in [0.05, 0.1) is 17.6 Å². The Hall–Kier alpha value is -3.73. The molecule has 0 saturated carbocycles. The highest BCUT2D eigenvalue weighted by atomic mass is 32.2. The summed E-state index contributed by atoms with van der Waals surface area (Å²) in [4.78, 5) is 35.6. The summed E-state index contributed by atoms with van der Waals surface area (Å²) in [6, 6.07) is 10.4. The van der Waals surface area contributed by atoms with E-state index in [1.807, 2.05) is 7.05 Å². The van der Waals surface area contributed by atoms with Crippen LogP contribution in [0.1, 0.15) is 20.7 Å². The molecule has 0 radical (unpaired) electrons. The number of carbonyl (C=O) groups is 2. The number of nitro benzene ring substituents is 1. The Morgan fingerprint density at radius 3 is 2.45 bits per heavy atom. The third-order valence-electron chi connectivity index (χ3n) is 3.80. The summed E-state index contributed by atoms with van der Waals surface area (Å²) in [7, 11) is 2.99. The van der Waals surface area contributed by atoms with Crippen LogP contribution in [0, 0.1) is 10.1 Å². The Morgan fingerprint density at radius 2 is 1.86 bits per heavy atom. The number of benzene rings is 2. The first kappa shape index (κ1) is 20.0. The van der Waals surface area contributed by atoms with E-state index in [1.165, 1.54) is 17.8 Å². The predicted molar refractivity (Wildman–Crippen MR) is 104 cm³/mol. The van der Waals surface area contributed by atoms with Gasteiger partial charge in [-0.25, -0.2) is 4.79 Å². The second kappa shape index (κ2) is 8.52. The third kappa shape index (κ3) is 4.76. The number of rotatable bonds is 6. The van der Waals surface area contributed by atoms with Crippen molar-refractivity contribution in [3.8, 4) is 0 Å². The number of hydrogen-bond acceptors (Lipinski definition) is 8. The van der Waals surface area contributed by atoms with Crippen molar-refractivity contribution in [2.75, 3.05) is 12.4 Å². The van der Waals surface area contributed by atoms with Gasteiger partial charge in [-0.2, -0.15) is 0 Å². The maximum Gasteiger partial charge on any atom is 0.338 e. The van der Waals surface area contributed by atoms with E-state index in [0.29, 0.717) is 10.8 Å². The molecule has 0 aliphatic heterocycles. The van der Waals surface area contributed by atoms with Gasteiger partial charge in [0.25, 0.3) is 11.6 Å². The minimum Gasteiger partial charge on any atom is -0.465 e. The number of ether oxygens (including phenoxy) is 1. The average Bonchev–Trinajstić information content (AvgIpc) is 3.12. The number of methoxy groups -OCH3 is 1. The summed E-state index contributed by atoms with van der Waals surface area (Å²) in [5.41, 5.74) is -0.00340. The van der Waals surface area contributed by atoms with Gasteiger partial charge in [-0.15, -0.1) is 10.2 Å². The van der Waals surface area contributed by atoms with E-state index in [4.69, 9.17) is 0 Å². The molecule has 0 saturated heterocycles. The zero-order valence-corrected chi connectivity index (χ0v) is 16.2. The number of nitrogens with one attached hydrogen (secondary N) is 1. The molecule has 0 fully saturated rings. The van der Waals surface area contributed by atoms with Gasteiger partial charge in [0.2, 0.25) is 0 Å². The minimum absolute atomic E-state index is 0.0304. The van der Waals surface area contributed by atoms with E-state index in [1.54, 1.807) is 35.2 Å². The maximum atomic E-state index is 12.5. The standard InChI is InChI=1S/C18H15N5O5S/c1-22-10-19-21-18(22)29-15-5-3-13(4-6-15)20-16(24)11-7-12(17(25)28-2)9-14(8-11)23(26)27/h3-10H,1-2H3,(H,20,24). The highest BCUT2D eigenvalue weighted by Crippen LogP contribution is 2.26. The fourth-order valence-electron chi connectivity index (χ4n) is 2.36. The number of aromatic nitrogens is 3. The Bertz CT molecular complexity index is 1080. The number of hydrogen-bond donors (Lipinski definition) is 1. The van der Waals surface area contributed by atoms with Crippen molar-refractivity contribution in [3.05, 3.63) is 70.0 Å². The molecule has 0 bridgehead atoms. The lowest BCUT2D eigenvalue weighted by atomic mass is 10.1. The van der Waals surface area contributed by atoms with Gasteiger partial charge in [0.15, 0.2) is 5.16 Å². The quantitative estimate of drug-likeness (QED) is 0.371. The molecule has 2 aromatic carbocycles. The summed E-state index contributed by atoms with van der Waals surface area (Å²) >= 11 is 1.41. The second-order valence-corrected chi connectivity index (χ2v) is 6.86. The van der Waals surface area contributed by atoms with Gasteiger partial charge in [-0.3, -0.25) is 14.9 Å². The first-order valence-electron chi connectivity index (χ1n) is 8.18. The average molecular weight is 413 g/mol. The molecule has 0 unspecified atom stereocenters. The van der Waals surface area contributed by atoms with Gasteiger partial charge in [0.1, 0.15) is 6.33 Å². The van der Waals surface area contributed by atoms with Crippen LogP contribution in [-0.2, 0) is 11.8 Å². The van der Waals surface area contributed by atoms with Crippen LogP contribution in [0.4, 0.5) is 11.4 Å². The van der Waals surface area contributed by atoms with Gasteiger partial charge < -0.3 is 14.6 Å². The molecular weight excluding hydrogens is 398 g/mol. The molecule has 11 heteroatoms. The van der Waals surface area contributed by atoms with Gasteiger partial charge in [-0.1, -0.05) is 0 Å². The van der Waals surface area contributed by atoms with Gasteiger partial charge in [0, 0.05) is 35.3 Å². The third-order valence-corrected chi connectivity index (χ3v) is 4.86. The van der Waals surface area contributed by atoms with Crippen LogP contribution in [0.5, 0.6) is 0 Å². The van der Waals surface area contributed by atoms with E-state index in [-0.39, 0.29) is 16.8 Å². The van der Waals surface area contributed by atoms with Crippen LogP contribution < -0.4 is 5.32 Å². The lowest BCUT2D eigenvalue weighted by Crippen LogP contribution is -2.14. The van der Waals surface area contributed by atoms with E-state index < -0.39 is 16.8 Å². The normalized spacial score (nSPS) is 10.4. The van der Waals surface area contributed by atoms with Crippen LogP contribution in [0.25, 0.3) is 0 Å². The molecule has 148 valence electrons. The van der Waals surface area contributed by atoms with Crippen LogP contribution in [-0.4, -0.2) is 38.7 Å². The molecule has 29 heavy (non-hydrogen) atoms. The van der Waals surface area contributed by atoms with E-state index in [0.717, 1.165) is 24.1 Å². The summed E-state index contributed by atoms with van der Waals surface area (Å²) in [5.74, 6) is -1.36. The molecule has 1 aromatic heterocycles. The number of nitrogens with zero attached hydrogens (tertiary/aromatic N) is 4. The predicted octanol–water partition coefficient (Wildman–Crippen LogP) is 2.91. The van der Waals surface area contributed by atoms with Crippen LogP contribution in [0.15, 0.2) is 58.8 Å². The highest BCUT2D eigenvalue weighted by Gasteiger charge is 2.18. The number of anilines is 1. The second-order valence-electron chi connectivity index (χ2n) is 5.82. The van der Waals surface area contributed by atoms with Crippen molar-refractivity contribution in [1.82, 2.24) is 14.8 Å². The lowest BCUT2D eigenvalue weighted by molar-refractivity contribution is -0.384.